The van der Waals surface area contributed by atoms with Crippen LogP contribution in [-0.2, 0) is 9.53 Å². The van der Waals surface area contributed by atoms with Crippen LogP contribution in [0.15, 0.2) is 0 Å². The zero-order chi connectivity index (χ0) is 5.98. The molecule has 3 nitrogen and oxygen atoms in total. The van der Waals surface area contributed by atoms with Crippen molar-refractivity contribution < 1.29 is 9.53 Å². The third-order valence-electron chi connectivity index (χ3n) is 1.33. The van der Waals surface area contributed by atoms with Crippen molar-refractivity contribution >= 4 is 5.97 Å². The third kappa shape index (κ3) is 0.816. The van der Waals surface area contributed by atoms with Gasteiger partial charge in [0, 0.05) is 6.54 Å². The van der Waals surface area contributed by atoms with Gasteiger partial charge >= 0.3 is 5.97 Å². The largest absolute Gasteiger partial charge is 0.465 e. The second-order valence-electron chi connectivity index (χ2n) is 1.89. The quantitative estimate of drug-likeness (QED) is 0.469. The topological polar surface area (TPSA) is 52.3 Å². The summed E-state index contributed by atoms with van der Waals surface area (Å²) in [5.41, 5.74) is 5.22. The highest BCUT2D eigenvalue weighted by Gasteiger charge is 2.24. The maximum absolute atomic E-state index is 10.5. The van der Waals surface area contributed by atoms with Crippen molar-refractivity contribution in [1.29, 1.82) is 0 Å². The molecular weight excluding hydrogens is 106 g/mol. The van der Waals surface area contributed by atoms with Crippen LogP contribution in [0.5, 0.6) is 0 Å². The van der Waals surface area contributed by atoms with Gasteiger partial charge in [-0.25, -0.2) is 0 Å². The van der Waals surface area contributed by atoms with Crippen LogP contribution in [0.1, 0.15) is 6.42 Å². The van der Waals surface area contributed by atoms with E-state index in [0.29, 0.717) is 13.2 Å². The van der Waals surface area contributed by atoms with Gasteiger partial charge in [-0.05, 0) is 6.42 Å². The van der Waals surface area contributed by atoms with Crippen molar-refractivity contribution in [3.8, 4) is 0 Å². The maximum atomic E-state index is 10.5. The first-order valence-corrected chi connectivity index (χ1v) is 2.71. The molecule has 1 atom stereocenters. The molecule has 0 aromatic carbocycles. The average molecular weight is 115 g/mol. The summed E-state index contributed by atoms with van der Waals surface area (Å²) < 4.78 is 4.64. The molecule has 0 radical (unpaired) electrons. The summed E-state index contributed by atoms with van der Waals surface area (Å²) >= 11 is 0. The number of hydrogen-bond acceptors (Lipinski definition) is 3. The Morgan fingerprint density at radius 2 is 2.62 bits per heavy atom. The number of carbonyl (C=O) groups excluding carboxylic acids is 1. The first-order chi connectivity index (χ1) is 3.84. The molecule has 1 fully saturated rings. The Labute approximate surface area is 47.8 Å². The molecule has 1 aliphatic rings. The van der Waals surface area contributed by atoms with E-state index in [4.69, 9.17) is 5.73 Å². The van der Waals surface area contributed by atoms with Gasteiger partial charge in [-0.15, -0.1) is 0 Å². The van der Waals surface area contributed by atoms with Crippen LogP contribution in [0.3, 0.4) is 0 Å². The molecule has 0 aliphatic carbocycles. The molecule has 0 saturated carbocycles. The smallest absolute Gasteiger partial charge is 0.310 e. The van der Waals surface area contributed by atoms with E-state index in [1.54, 1.807) is 0 Å². The molecule has 0 bridgehead atoms. The first kappa shape index (κ1) is 5.56. The van der Waals surface area contributed by atoms with Gasteiger partial charge in [-0.2, -0.15) is 0 Å². The maximum Gasteiger partial charge on any atom is 0.310 e. The molecule has 0 aromatic rings. The lowest BCUT2D eigenvalue weighted by Crippen LogP contribution is -2.18. The highest BCUT2D eigenvalue weighted by Crippen LogP contribution is 2.11. The fourth-order valence-electron chi connectivity index (χ4n) is 0.752. The Morgan fingerprint density at radius 3 is 2.88 bits per heavy atom. The lowest BCUT2D eigenvalue weighted by Gasteiger charge is -1.95. The van der Waals surface area contributed by atoms with Crippen molar-refractivity contribution in [2.45, 2.75) is 6.42 Å². The predicted octanol–water partition coefficient (Wildman–Crippen LogP) is -0.492. The summed E-state index contributed by atoms with van der Waals surface area (Å²) in [5.74, 6) is -0.150. The normalized spacial score (nSPS) is 28.1. The zero-order valence-corrected chi connectivity index (χ0v) is 4.59. The van der Waals surface area contributed by atoms with Crippen LogP contribution >= 0.6 is 0 Å². The Kier molecular flexibility index (Phi) is 1.48. The van der Waals surface area contributed by atoms with Crippen LogP contribution < -0.4 is 5.73 Å². The van der Waals surface area contributed by atoms with Crippen molar-refractivity contribution in [2.24, 2.45) is 11.7 Å². The fraction of sp³-hybridized carbons (Fsp3) is 0.800. The van der Waals surface area contributed by atoms with Crippen LogP contribution in [-0.4, -0.2) is 19.1 Å². The summed E-state index contributed by atoms with van der Waals surface area (Å²) in [6.07, 6.45) is 0.801. The van der Waals surface area contributed by atoms with E-state index in [9.17, 15) is 4.79 Å². The van der Waals surface area contributed by atoms with Gasteiger partial charge in [-0.3, -0.25) is 4.79 Å². The molecule has 1 heterocycles. The molecule has 2 N–H and O–H groups in total. The number of hydrogen-bond donors (Lipinski definition) is 1. The summed E-state index contributed by atoms with van der Waals surface area (Å²) in [6.45, 7) is 0.986. The van der Waals surface area contributed by atoms with Crippen LogP contribution in [0.2, 0.25) is 0 Å². The minimum absolute atomic E-state index is 0.0185. The van der Waals surface area contributed by atoms with Crippen LogP contribution in [0.4, 0.5) is 0 Å². The lowest BCUT2D eigenvalue weighted by molar-refractivity contribution is -0.140. The molecule has 0 aromatic heterocycles. The standard InChI is InChI=1S/C5H9NO2/c6-3-4-1-2-8-5(4)7/h4H,1-3,6H2. The molecule has 1 rings (SSSR count). The van der Waals surface area contributed by atoms with Crippen LogP contribution in [0, 0.1) is 5.92 Å². The highest BCUT2D eigenvalue weighted by molar-refractivity contribution is 5.74. The summed E-state index contributed by atoms with van der Waals surface area (Å²) in [7, 11) is 0. The third-order valence-corrected chi connectivity index (χ3v) is 1.33. The molecule has 3 heteroatoms. The van der Waals surface area contributed by atoms with E-state index >= 15 is 0 Å². The second-order valence-corrected chi connectivity index (χ2v) is 1.89. The number of rotatable bonds is 1. The van der Waals surface area contributed by atoms with Crippen molar-refractivity contribution in [1.82, 2.24) is 0 Å². The Bertz CT molecular complexity index is 103. The number of ether oxygens (including phenoxy) is 1. The van der Waals surface area contributed by atoms with Gasteiger partial charge in [0.25, 0.3) is 0 Å². The lowest BCUT2D eigenvalue weighted by atomic mass is 10.1. The molecule has 0 spiro atoms. The summed E-state index contributed by atoms with van der Waals surface area (Å²) in [4.78, 5) is 10.5. The number of nitrogens with two attached hydrogens (primary N) is 1. The second kappa shape index (κ2) is 2.13. The van der Waals surface area contributed by atoms with E-state index in [1.807, 2.05) is 0 Å². The van der Waals surface area contributed by atoms with Crippen molar-refractivity contribution in [3.05, 3.63) is 0 Å². The van der Waals surface area contributed by atoms with E-state index < -0.39 is 0 Å². The fourth-order valence-corrected chi connectivity index (χ4v) is 0.752. The number of cyclic esters (lactones) is 1. The molecule has 8 heavy (non-hydrogen) atoms. The Hall–Kier alpha value is -0.570. The Balaban J connectivity index is 2.42. The average Bonchev–Trinajstić information content (AvgIpc) is 2.14. The molecule has 1 unspecified atom stereocenters. The van der Waals surface area contributed by atoms with E-state index in [2.05, 4.69) is 4.74 Å². The summed E-state index contributed by atoms with van der Waals surface area (Å²) in [5, 5.41) is 0. The highest BCUT2D eigenvalue weighted by atomic mass is 16.5. The zero-order valence-electron chi connectivity index (χ0n) is 4.59. The van der Waals surface area contributed by atoms with E-state index in [1.165, 1.54) is 0 Å². The predicted molar refractivity (Wildman–Crippen MR) is 28.1 cm³/mol. The monoisotopic (exact) mass is 115 g/mol. The number of esters is 1. The van der Waals surface area contributed by atoms with Crippen molar-refractivity contribution in [2.75, 3.05) is 13.2 Å². The Morgan fingerprint density at radius 1 is 1.88 bits per heavy atom. The van der Waals surface area contributed by atoms with Gasteiger partial charge in [0.2, 0.25) is 0 Å². The first-order valence-electron chi connectivity index (χ1n) is 2.71. The minimum Gasteiger partial charge on any atom is -0.465 e. The molecular formula is C5H9NO2. The van der Waals surface area contributed by atoms with Gasteiger partial charge < -0.3 is 10.5 Å². The van der Waals surface area contributed by atoms with Gasteiger partial charge in [0.15, 0.2) is 0 Å². The van der Waals surface area contributed by atoms with Crippen LogP contribution in [0.25, 0.3) is 0 Å². The molecule has 1 saturated heterocycles. The molecule has 46 valence electrons. The van der Waals surface area contributed by atoms with E-state index in [-0.39, 0.29) is 11.9 Å². The van der Waals surface area contributed by atoms with E-state index in [0.717, 1.165) is 6.42 Å². The SMILES string of the molecule is NCC1CCOC1=O. The van der Waals surface area contributed by atoms with Crippen molar-refractivity contribution in [3.63, 3.8) is 0 Å². The summed E-state index contributed by atoms with van der Waals surface area (Å²) in [6, 6.07) is 0. The molecule has 0 amide bonds. The van der Waals surface area contributed by atoms with Gasteiger partial charge in [0.05, 0.1) is 12.5 Å². The molecule has 1 aliphatic heterocycles. The number of carbonyl (C=O) groups is 1. The van der Waals surface area contributed by atoms with Gasteiger partial charge in [0.1, 0.15) is 0 Å². The minimum atomic E-state index is -0.132. The van der Waals surface area contributed by atoms with Gasteiger partial charge in [-0.1, -0.05) is 0 Å².